The molecule has 0 aliphatic rings. The van der Waals surface area contributed by atoms with E-state index in [1.807, 2.05) is 55.6 Å². The summed E-state index contributed by atoms with van der Waals surface area (Å²) in [5.74, 6) is 0. The average Bonchev–Trinajstić information content (AvgIpc) is 2.47. The maximum Gasteiger partial charge on any atom is 0.0802 e. The van der Waals surface area contributed by atoms with Gasteiger partial charge in [-0.2, -0.15) is 0 Å². The van der Waals surface area contributed by atoms with Gasteiger partial charge in [0, 0.05) is 22.6 Å². The quantitative estimate of drug-likeness (QED) is 0.801. The van der Waals surface area contributed by atoms with Gasteiger partial charge in [0.05, 0.1) is 6.10 Å². The molecule has 0 saturated carbocycles. The standard InChI is InChI=1S/C17H19BrClNO/c1-20(12-14-5-2-3-8-16(14)19)10-9-17(21)13-6-4-7-15(18)11-13/h2-8,11,17,21H,9-10,12H2,1H3. The molecule has 0 saturated heterocycles. The van der Waals surface area contributed by atoms with Crippen molar-refractivity contribution < 1.29 is 5.11 Å². The zero-order chi connectivity index (χ0) is 15.2. The minimum atomic E-state index is -0.448. The van der Waals surface area contributed by atoms with Crippen LogP contribution in [0.4, 0.5) is 0 Å². The van der Waals surface area contributed by atoms with Gasteiger partial charge in [-0.1, -0.05) is 57.9 Å². The Kier molecular flexibility index (Phi) is 6.24. The van der Waals surface area contributed by atoms with Gasteiger partial charge in [-0.15, -0.1) is 0 Å². The van der Waals surface area contributed by atoms with Crippen LogP contribution in [0.1, 0.15) is 23.7 Å². The maximum atomic E-state index is 10.2. The van der Waals surface area contributed by atoms with Crippen molar-refractivity contribution in [1.82, 2.24) is 4.90 Å². The van der Waals surface area contributed by atoms with Gasteiger partial charge in [0.15, 0.2) is 0 Å². The van der Waals surface area contributed by atoms with Crippen molar-refractivity contribution in [1.29, 1.82) is 0 Å². The van der Waals surface area contributed by atoms with Crippen molar-refractivity contribution in [3.8, 4) is 0 Å². The van der Waals surface area contributed by atoms with Crippen LogP contribution in [0.2, 0.25) is 5.02 Å². The normalized spacial score (nSPS) is 12.6. The fourth-order valence-electron chi connectivity index (χ4n) is 2.22. The van der Waals surface area contributed by atoms with Crippen LogP contribution in [-0.2, 0) is 6.54 Å². The van der Waals surface area contributed by atoms with Gasteiger partial charge in [-0.25, -0.2) is 0 Å². The van der Waals surface area contributed by atoms with Crippen molar-refractivity contribution >= 4 is 27.5 Å². The third kappa shape index (κ3) is 5.11. The first-order valence-electron chi connectivity index (χ1n) is 6.92. The molecule has 0 aliphatic heterocycles. The first-order chi connectivity index (χ1) is 10.1. The number of aliphatic hydroxyl groups is 1. The topological polar surface area (TPSA) is 23.5 Å². The molecule has 0 fully saturated rings. The number of hydrogen-bond acceptors (Lipinski definition) is 2. The number of rotatable bonds is 6. The Morgan fingerprint density at radius 2 is 1.95 bits per heavy atom. The molecule has 2 rings (SSSR count). The molecule has 2 aromatic carbocycles. The van der Waals surface area contributed by atoms with Gasteiger partial charge in [0.1, 0.15) is 0 Å². The fraction of sp³-hybridized carbons (Fsp3) is 0.294. The van der Waals surface area contributed by atoms with E-state index < -0.39 is 6.10 Å². The zero-order valence-electron chi connectivity index (χ0n) is 12.0. The van der Waals surface area contributed by atoms with Crippen LogP contribution in [-0.4, -0.2) is 23.6 Å². The Labute approximate surface area is 139 Å². The van der Waals surface area contributed by atoms with Crippen LogP contribution in [0.15, 0.2) is 53.0 Å². The third-order valence-corrected chi connectivity index (χ3v) is 4.28. The van der Waals surface area contributed by atoms with Gasteiger partial charge in [-0.3, -0.25) is 0 Å². The van der Waals surface area contributed by atoms with Gasteiger partial charge in [0.2, 0.25) is 0 Å². The van der Waals surface area contributed by atoms with E-state index in [1.54, 1.807) is 0 Å². The third-order valence-electron chi connectivity index (χ3n) is 3.42. The summed E-state index contributed by atoms with van der Waals surface area (Å²) in [5, 5.41) is 11.0. The van der Waals surface area contributed by atoms with E-state index in [9.17, 15) is 5.11 Å². The van der Waals surface area contributed by atoms with Gasteiger partial charge in [0.25, 0.3) is 0 Å². The molecule has 4 heteroatoms. The number of aliphatic hydroxyl groups excluding tert-OH is 1. The first-order valence-corrected chi connectivity index (χ1v) is 8.09. The average molecular weight is 369 g/mol. The van der Waals surface area contributed by atoms with Crippen LogP contribution < -0.4 is 0 Å². The molecule has 1 unspecified atom stereocenters. The summed E-state index contributed by atoms with van der Waals surface area (Å²) in [7, 11) is 2.04. The zero-order valence-corrected chi connectivity index (χ0v) is 14.3. The fourth-order valence-corrected chi connectivity index (χ4v) is 2.83. The highest BCUT2D eigenvalue weighted by Gasteiger charge is 2.10. The van der Waals surface area contributed by atoms with Crippen molar-refractivity contribution in [3.05, 3.63) is 69.2 Å². The van der Waals surface area contributed by atoms with Crippen molar-refractivity contribution in [3.63, 3.8) is 0 Å². The van der Waals surface area contributed by atoms with E-state index >= 15 is 0 Å². The maximum absolute atomic E-state index is 10.2. The molecule has 1 N–H and O–H groups in total. The molecular weight excluding hydrogens is 350 g/mol. The Hall–Kier alpha value is -0.870. The molecule has 2 aromatic rings. The molecule has 0 amide bonds. The molecule has 0 radical (unpaired) electrons. The van der Waals surface area contributed by atoms with Gasteiger partial charge in [-0.05, 0) is 42.8 Å². The van der Waals surface area contributed by atoms with Gasteiger partial charge < -0.3 is 10.0 Å². The predicted octanol–water partition coefficient (Wildman–Crippen LogP) is 4.66. The second kappa shape index (κ2) is 7.95. The second-order valence-corrected chi connectivity index (χ2v) is 6.51. The largest absolute Gasteiger partial charge is 0.388 e. The van der Waals surface area contributed by atoms with Crippen molar-refractivity contribution in [2.24, 2.45) is 0 Å². The predicted molar refractivity (Wildman–Crippen MR) is 91.5 cm³/mol. The molecule has 1 atom stereocenters. The first kappa shape index (κ1) is 16.5. The summed E-state index contributed by atoms with van der Waals surface area (Å²) >= 11 is 9.59. The van der Waals surface area contributed by atoms with E-state index in [2.05, 4.69) is 20.8 Å². The number of nitrogens with zero attached hydrogens (tertiary/aromatic N) is 1. The minimum Gasteiger partial charge on any atom is -0.388 e. The number of benzene rings is 2. The van der Waals surface area contributed by atoms with Crippen LogP contribution in [0.25, 0.3) is 0 Å². The second-order valence-electron chi connectivity index (χ2n) is 5.19. The van der Waals surface area contributed by atoms with Crippen LogP contribution in [0.3, 0.4) is 0 Å². The smallest absolute Gasteiger partial charge is 0.0802 e. The molecule has 112 valence electrons. The summed E-state index contributed by atoms with van der Waals surface area (Å²) in [5.41, 5.74) is 2.05. The Morgan fingerprint density at radius 3 is 2.67 bits per heavy atom. The van der Waals surface area contributed by atoms with E-state index in [-0.39, 0.29) is 0 Å². The molecular formula is C17H19BrClNO. The lowest BCUT2D eigenvalue weighted by Crippen LogP contribution is -2.21. The van der Waals surface area contributed by atoms with E-state index in [1.165, 1.54) is 0 Å². The number of halogens is 2. The highest BCUT2D eigenvalue weighted by molar-refractivity contribution is 9.10. The van der Waals surface area contributed by atoms with Crippen molar-refractivity contribution in [2.45, 2.75) is 19.1 Å². The lowest BCUT2D eigenvalue weighted by Gasteiger charge is -2.19. The Morgan fingerprint density at radius 1 is 1.19 bits per heavy atom. The summed E-state index contributed by atoms with van der Waals surface area (Å²) in [6.07, 6.45) is 0.244. The SMILES string of the molecule is CN(CCC(O)c1cccc(Br)c1)Cc1ccccc1Cl. The van der Waals surface area contributed by atoms with Crippen molar-refractivity contribution in [2.75, 3.05) is 13.6 Å². The summed E-state index contributed by atoms with van der Waals surface area (Å²) < 4.78 is 0.989. The molecule has 0 aliphatic carbocycles. The molecule has 0 bridgehead atoms. The highest BCUT2D eigenvalue weighted by Crippen LogP contribution is 2.21. The molecule has 21 heavy (non-hydrogen) atoms. The summed E-state index contributed by atoms with van der Waals surface area (Å²) in [6, 6.07) is 15.7. The van der Waals surface area contributed by atoms with Crippen LogP contribution in [0.5, 0.6) is 0 Å². The minimum absolute atomic E-state index is 0.448. The lowest BCUT2D eigenvalue weighted by atomic mass is 10.1. The van der Waals surface area contributed by atoms with Gasteiger partial charge >= 0.3 is 0 Å². The monoisotopic (exact) mass is 367 g/mol. The number of hydrogen-bond donors (Lipinski definition) is 1. The lowest BCUT2D eigenvalue weighted by molar-refractivity contribution is 0.147. The Bertz CT molecular complexity index is 591. The summed E-state index contributed by atoms with van der Waals surface area (Å²) in [6.45, 7) is 1.59. The van der Waals surface area contributed by atoms with E-state index in [4.69, 9.17) is 11.6 Å². The molecule has 0 spiro atoms. The molecule has 0 aromatic heterocycles. The molecule has 2 nitrogen and oxygen atoms in total. The Balaban J connectivity index is 1.86. The molecule has 0 heterocycles. The summed E-state index contributed by atoms with van der Waals surface area (Å²) in [4.78, 5) is 2.17. The van der Waals surface area contributed by atoms with E-state index in [0.29, 0.717) is 6.42 Å². The highest BCUT2D eigenvalue weighted by atomic mass is 79.9. The van der Waals surface area contributed by atoms with E-state index in [0.717, 1.165) is 33.7 Å². The van der Waals surface area contributed by atoms with Crippen LogP contribution >= 0.6 is 27.5 Å². The van der Waals surface area contributed by atoms with Crippen LogP contribution in [0, 0.1) is 0 Å².